The summed E-state index contributed by atoms with van der Waals surface area (Å²) in [5, 5.41) is 0. The molecule has 0 bridgehead atoms. The number of hydrogen-bond acceptors (Lipinski definition) is 4. The van der Waals surface area contributed by atoms with E-state index in [-0.39, 0.29) is 6.03 Å². The van der Waals surface area contributed by atoms with E-state index in [2.05, 4.69) is 4.72 Å². The predicted octanol–water partition coefficient (Wildman–Crippen LogP) is -0.491. The van der Waals surface area contributed by atoms with E-state index in [1.165, 1.54) is 4.31 Å². The zero-order valence-electron chi connectivity index (χ0n) is 4.50. The summed E-state index contributed by atoms with van der Waals surface area (Å²) in [6.07, 6.45) is 3.22. The lowest BCUT2D eigenvalue weighted by atomic mass is 10.8. The predicted molar refractivity (Wildman–Crippen MR) is 34.4 cm³/mol. The van der Waals surface area contributed by atoms with Crippen LogP contribution in [0.2, 0.25) is 0 Å². The van der Waals surface area contributed by atoms with Crippen molar-refractivity contribution in [3.8, 4) is 0 Å². The fourth-order valence-corrected chi connectivity index (χ4v) is 0.881. The molecule has 1 heterocycles. The maximum Gasteiger partial charge on any atom is 0.347 e. The molecule has 1 rings (SSSR count). The summed E-state index contributed by atoms with van der Waals surface area (Å²) >= 11 is 1.16. The molecule has 4 N–H and O–H groups in total. The number of urea groups is 1. The fourth-order valence-electron chi connectivity index (χ4n) is 0.389. The summed E-state index contributed by atoms with van der Waals surface area (Å²) in [6, 6.07) is -0.346. The topological polar surface area (TPSA) is 70.4 Å². The number of carbonyl (C=O) groups excluding carboxylic acids is 1. The zero-order valence-corrected chi connectivity index (χ0v) is 5.31. The van der Waals surface area contributed by atoms with Crippen LogP contribution in [0.5, 0.6) is 0 Å². The van der Waals surface area contributed by atoms with Crippen molar-refractivity contribution >= 4 is 18.2 Å². The third kappa shape index (κ3) is 1.27. The van der Waals surface area contributed by atoms with E-state index >= 15 is 0 Å². The van der Waals surface area contributed by atoms with Crippen LogP contribution in [0.25, 0.3) is 0 Å². The number of rotatable bonds is 0. The van der Waals surface area contributed by atoms with Gasteiger partial charge in [-0.2, -0.15) is 0 Å². The van der Waals surface area contributed by atoms with Gasteiger partial charge in [-0.3, -0.25) is 5.43 Å². The van der Waals surface area contributed by atoms with Crippen LogP contribution < -0.4 is 16.0 Å². The summed E-state index contributed by atoms with van der Waals surface area (Å²) in [6.45, 7) is 0. The Morgan fingerprint density at radius 1 is 1.89 bits per heavy atom. The first-order valence-electron chi connectivity index (χ1n) is 2.23. The Balaban J connectivity index is 2.43. The quantitative estimate of drug-likeness (QED) is 0.187. The van der Waals surface area contributed by atoms with Crippen LogP contribution in [0.15, 0.2) is 12.4 Å². The second kappa shape index (κ2) is 2.60. The molecule has 2 amide bonds. The van der Waals surface area contributed by atoms with Gasteiger partial charge < -0.3 is 4.72 Å². The molecule has 0 atom stereocenters. The minimum absolute atomic E-state index is 0.346. The number of hydrogen-bond donors (Lipinski definition) is 3. The molecular weight excluding hydrogens is 140 g/mol. The first-order chi connectivity index (χ1) is 4.34. The summed E-state index contributed by atoms with van der Waals surface area (Å²) in [7, 11) is 0. The summed E-state index contributed by atoms with van der Waals surface area (Å²) in [4.78, 5) is 10.6. The second-order valence-electron chi connectivity index (χ2n) is 1.30. The lowest BCUT2D eigenvalue weighted by Crippen LogP contribution is -2.36. The van der Waals surface area contributed by atoms with Crippen LogP contribution >= 0.6 is 12.1 Å². The maximum atomic E-state index is 10.6. The number of amides is 2. The zero-order chi connectivity index (χ0) is 6.69. The minimum Gasteiger partial charge on any atom is -0.317 e. The van der Waals surface area contributed by atoms with Crippen LogP contribution in [0.3, 0.4) is 0 Å². The van der Waals surface area contributed by atoms with E-state index in [1.807, 2.05) is 5.43 Å². The average molecular weight is 146 g/mol. The highest BCUT2D eigenvalue weighted by Gasteiger charge is 2.11. The van der Waals surface area contributed by atoms with Gasteiger partial charge in [0.2, 0.25) is 0 Å². The van der Waals surface area contributed by atoms with Crippen molar-refractivity contribution in [1.82, 2.24) is 14.5 Å². The van der Waals surface area contributed by atoms with Gasteiger partial charge >= 0.3 is 6.03 Å². The number of nitrogens with one attached hydrogen (secondary N) is 2. The molecular formula is C3H6N4OS. The van der Waals surface area contributed by atoms with Crippen molar-refractivity contribution in [2.75, 3.05) is 0 Å². The van der Waals surface area contributed by atoms with Crippen LogP contribution in [0, 0.1) is 0 Å². The molecule has 0 saturated heterocycles. The molecule has 50 valence electrons. The smallest absolute Gasteiger partial charge is 0.317 e. The Morgan fingerprint density at radius 3 is 3.11 bits per heavy atom. The highest BCUT2D eigenvalue weighted by atomic mass is 32.2. The molecule has 0 unspecified atom stereocenters. The van der Waals surface area contributed by atoms with Gasteiger partial charge in [0, 0.05) is 12.4 Å². The highest BCUT2D eigenvalue weighted by Crippen LogP contribution is 2.10. The van der Waals surface area contributed by atoms with Gasteiger partial charge in [-0.05, 0) is 0 Å². The van der Waals surface area contributed by atoms with Crippen molar-refractivity contribution in [2.24, 2.45) is 5.84 Å². The molecule has 9 heavy (non-hydrogen) atoms. The summed E-state index contributed by atoms with van der Waals surface area (Å²) in [5.74, 6) is 4.84. The van der Waals surface area contributed by atoms with Crippen molar-refractivity contribution in [1.29, 1.82) is 0 Å². The van der Waals surface area contributed by atoms with E-state index in [0.717, 1.165) is 12.1 Å². The molecule has 0 radical (unpaired) electrons. The van der Waals surface area contributed by atoms with Crippen molar-refractivity contribution in [3.63, 3.8) is 0 Å². The molecule has 0 aromatic heterocycles. The van der Waals surface area contributed by atoms with E-state index in [1.54, 1.807) is 12.4 Å². The lowest BCUT2D eigenvalue weighted by Gasteiger charge is -2.07. The van der Waals surface area contributed by atoms with E-state index in [0.29, 0.717) is 0 Å². The van der Waals surface area contributed by atoms with Gasteiger partial charge in [-0.1, -0.05) is 0 Å². The van der Waals surface area contributed by atoms with Gasteiger partial charge in [-0.25, -0.2) is 14.9 Å². The Morgan fingerprint density at radius 2 is 2.67 bits per heavy atom. The molecule has 5 nitrogen and oxygen atoms in total. The first kappa shape index (κ1) is 6.24. The molecule has 0 aromatic carbocycles. The van der Waals surface area contributed by atoms with Crippen LogP contribution in [-0.4, -0.2) is 10.3 Å². The van der Waals surface area contributed by atoms with Crippen LogP contribution in [0.1, 0.15) is 0 Å². The highest BCUT2D eigenvalue weighted by molar-refractivity contribution is 7.96. The molecule has 0 spiro atoms. The number of carbonyl (C=O) groups is 1. The Hall–Kier alpha value is -0.880. The molecule has 1 aliphatic heterocycles. The maximum absolute atomic E-state index is 10.6. The Bertz CT molecular complexity index is 147. The second-order valence-corrected chi connectivity index (χ2v) is 2.11. The molecule has 0 aliphatic carbocycles. The summed E-state index contributed by atoms with van der Waals surface area (Å²) in [5.41, 5.74) is 1.98. The first-order valence-corrected chi connectivity index (χ1v) is 3.01. The van der Waals surface area contributed by atoms with Crippen LogP contribution in [-0.2, 0) is 0 Å². The van der Waals surface area contributed by atoms with E-state index < -0.39 is 0 Å². The molecule has 0 fully saturated rings. The van der Waals surface area contributed by atoms with Crippen molar-refractivity contribution in [3.05, 3.63) is 12.4 Å². The molecule has 6 heteroatoms. The SMILES string of the molecule is NNC(=O)N1C=CNS1. The standard InChI is InChI=1S/C3H6N4OS/c4-6-3(8)7-2-1-5-9-7/h1-2,5H,4H2,(H,6,8). The Kier molecular flexibility index (Phi) is 1.81. The van der Waals surface area contributed by atoms with Gasteiger partial charge in [0.05, 0.1) is 12.1 Å². The van der Waals surface area contributed by atoms with E-state index in [9.17, 15) is 4.79 Å². The normalized spacial score (nSPS) is 15.4. The number of nitrogens with zero attached hydrogens (tertiary/aromatic N) is 1. The van der Waals surface area contributed by atoms with Gasteiger partial charge in [0.25, 0.3) is 0 Å². The monoisotopic (exact) mass is 146 g/mol. The molecule has 0 aromatic rings. The molecule has 1 aliphatic rings. The van der Waals surface area contributed by atoms with E-state index in [4.69, 9.17) is 5.84 Å². The third-order valence-electron chi connectivity index (χ3n) is 0.753. The number of hydrazine groups is 1. The number of nitrogens with two attached hydrogens (primary N) is 1. The average Bonchev–Trinajstić information content (AvgIpc) is 2.37. The van der Waals surface area contributed by atoms with Gasteiger partial charge in [0.15, 0.2) is 0 Å². The summed E-state index contributed by atoms with van der Waals surface area (Å²) < 4.78 is 4.07. The Labute approximate surface area is 56.5 Å². The minimum atomic E-state index is -0.346. The lowest BCUT2D eigenvalue weighted by molar-refractivity contribution is 0.234. The van der Waals surface area contributed by atoms with Gasteiger partial charge in [0.1, 0.15) is 0 Å². The fraction of sp³-hybridized carbons (Fsp3) is 0. The van der Waals surface area contributed by atoms with Crippen molar-refractivity contribution in [2.45, 2.75) is 0 Å². The van der Waals surface area contributed by atoms with Crippen molar-refractivity contribution < 1.29 is 4.79 Å². The third-order valence-corrected chi connectivity index (χ3v) is 1.48. The van der Waals surface area contributed by atoms with Crippen LogP contribution in [0.4, 0.5) is 4.79 Å². The molecule has 0 saturated carbocycles. The largest absolute Gasteiger partial charge is 0.347 e. The van der Waals surface area contributed by atoms with Gasteiger partial charge in [-0.15, -0.1) is 0 Å².